The van der Waals surface area contributed by atoms with Crippen molar-refractivity contribution < 1.29 is 5.11 Å². The van der Waals surface area contributed by atoms with E-state index in [9.17, 15) is 5.11 Å². The highest BCUT2D eigenvalue weighted by molar-refractivity contribution is 4.99. The molecule has 0 amide bonds. The third-order valence-corrected chi connectivity index (χ3v) is 3.24. The van der Waals surface area contributed by atoms with Gasteiger partial charge in [0.1, 0.15) is 12.2 Å². The van der Waals surface area contributed by atoms with Crippen LogP contribution < -0.4 is 0 Å². The van der Waals surface area contributed by atoms with Gasteiger partial charge >= 0.3 is 0 Å². The van der Waals surface area contributed by atoms with Crippen LogP contribution in [0.15, 0.2) is 6.33 Å². The van der Waals surface area contributed by atoms with E-state index < -0.39 is 5.60 Å². The lowest BCUT2D eigenvalue weighted by molar-refractivity contribution is 0.0490. The summed E-state index contributed by atoms with van der Waals surface area (Å²) in [5.74, 6) is 1.44. The van der Waals surface area contributed by atoms with Gasteiger partial charge in [-0.15, -0.1) is 0 Å². The van der Waals surface area contributed by atoms with Crippen molar-refractivity contribution in [3.8, 4) is 0 Å². The molecular weight excluding hydrogens is 216 g/mol. The molecule has 0 saturated carbocycles. The molecule has 0 radical (unpaired) electrons. The topological polar surface area (TPSA) is 54.2 Å². The van der Waals surface area contributed by atoms with Gasteiger partial charge < -0.3 is 10.0 Å². The third kappa shape index (κ3) is 3.04. The Balaban J connectivity index is 2.06. The van der Waals surface area contributed by atoms with Crippen molar-refractivity contribution in [2.45, 2.75) is 38.8 Å². The van der Waals surface area contributed by atoms with E-state index in [1.807, 2.05) is 11.7 Å². The number of hydrogen-bond acceptors (Lipinski definition) is 4. The molecule has 1 aromatic rings. The second-order valence-electron chi connectivity index (χ2n) is 5.64. The first kappa shape index (κ1) is 12.5. The number of nitrogens with zero attached hydrogens (tertiary/aromatic N) is 4. The summed E-state index contributed by atoms with van der Waals surface area (Å²) >= 11 is 0. The normalized spacial score (nSPS) is 25.9. The Morgan fingerprint density at radius 3 is 2.88 bits per heavy atom. The molecule has 1 unspecified atom stereocenters. The van der Waals surface area contributed by atoms with Crippen LogP contribution >= 0.6 is 0 Å². The molecule has 1 aliphatic rings. The predicted molar refractivity (Wildman–Crippen MR) is 65.6 cm³/mol. The number of β-amino-alcohol motifs (C(OH)–C–C–N with tert-alkyl or cyclic N) is 1. The second kappa shape index (κ2) is 4.74. The molecule has 96 valence electrons. The fraction of sp³-hybridized carbons (Fsp3) is 0.833. The lowest BCUT2D eigenvalue weighted by Crippen LogP contribution is -2.35. The Morgan fingerprint density at radius 1 is 1.53 bits per heavy atom. The van der Waals surface area contributed by atoms with Gasteiger partial charge in [0, 0.05) is 26.1 Å². The number of aliphatic hydroxyl groups is 1. The van der Waals surface area contributed by atoms with E-state index in [0.29, 0.717) is 12.3 Å². The molecule has 17 heavy (non-hydrogen) atoms. The second-order valence-corrected chi connectivity index (χ2v) is 5.64. The molecule has 5 nitrogen and oxygen atoms in total. The average Bonchev–Trinajstić information content (AvgIpc) is 2.75. The quantitative estimate of drug-likeness (QED) is 0.832. The Bertz CT molecular complexity index is 376. The highest BCUT2D eigenvalue weighted by atomic mass is 16.3. The molecule has 0 aromatic carbocycles. The van der Waals surface area contributed by atoms with E-state index in [2.05, 4.69) is 28.8 Å². The molecule has 1 aromatic heterocycles. The van der Waals surface area contributed by atoms with E-state index in [1.54, 1.807) is 6.33 Å². The van der Waals surface area contributed by atoms with Crippen LogP contribution in [0.3, 0.4) is 0 Å². The molecule has 1 fully saturated rings. The SMILES string of the molecule is CC(C)Cn1ncnc1CC1(O)CCN(C)C1. The van der Waals surface area contributed by atoms with E-state index >= 15 is 0 Å². The maximum Gasteiger partial charge on any atom is 0.138 e. The molecule has 0 spiro atoms. The summed E-state index contributed by atoms with van der Waals surface area (Å²) in [5, 5.41) is 14.7. The number of hydrogen-bond donors (Lipinski definition) is 1. The summed E-state index contributed by atoms with van der Waals surface area (Å²) in [6.45, 7) is 6.85. The number of likely N-dealkylation sites (N-methyl/N-ethyl adjacent to an activating group) is 1. The van der Waals surface area contributed by atoms with Gasteiger partial charge in [-0.05, 0) is 19.4 Å². The number of likely N-dealkylation sites (tertiary alicyclic amines) is 1. The van der Waals surface area contributed by atoms with Crippen molar-refractivity contribution >= 4 is 0 Å². The van der Waals surface area contributed by atoms with Crippen molar-refractivity contribution in [1.29, 1.82) is 0 Å². The van der Waals surface area contributed by atoms with Crippen molar-refractivity contribution in [2.24, 2.45) is 5.92 Å². The van der Waals surface area contributed by atoms with Crippen molar-refractivity contribution in [1.82, 2.24) is 19.7 Å². The zero-order chi connectivity index (χ0) is 12.5. The summed E-state index contributed by atoms with van der Waals surface area (Å²) in [5.41, 5.74) is -0.628. The minimum Gasteiger partial charge on any atom is -0.388 e. The molecule has 1 saturated heterocycles. The maximum atomic E-state index is 10.5. The van der Waals surface area contributed by atoms with Gasteiger partial charge in [0.05, 0.1) is 5.60 Å². The van der Waals surface area contributed by atoms with Gasteiger partial charge in [-0.3, -0.25) is 0 Å². The Morgan fingerprint density at radius 2 is 2.29 bits per heavy atom. The smallest absolute Gasteiger partial charge is 0.138 e. The van der Waals surface area contributed by atoms with Gasteiger partial charge in [0.25, 0.3) is 0 Å². The summed E-state index contributed by atoms with van der Waals surface area (Å²) in [7, 11) is 2.04. The maximum absolute atomic E-state index is 10.5. The number of rotatable bonds is 4. The summed E-state index contributed by atoms with van der Waals surface area (Å²) in [6.07, 6.45) is 3.00. The molecule has 1 aliphatic heterocycles. The molecule has 0 bridgehead atoms. The average molecular weight is 238 g/mol. The van der Waals surface area contributed by atoms with Crippen LogP contribution in [0.2, 0.25) is 0 Å². The van der Waals surface area contributed by atoms with Crippen LogP contribution in [0, 0.1) is 5.92 Å². The first-order valence-electron chi connectivity index (χ1n) is 6.26. The van der Waals surface area contributed by atoms with Crippen LogP contribution in [0.1, 0.15) is 26.1 Å². The summed E-state index contributed by atoms with van der Waals surface area (Å²) in [4.78, 5) is 6.43. The largest absolute Gasteiger partial charge is 0.388 e. The molecule has 1 atom stereocenters. The fourth-order valence-corrected chi connectivity index (χ4v) is 2.42. The monoisotopic (exact) mass is 238 g/mol. The molecular formula is C12H22N4O. The van der Waals surface area contributed by atoms with Crippen molar-refractivity contribution in [3.63, 3.8) is 0 Å². The highest BCUT2D eigenvalue weighted by Crippen LogP contribution is 2.23. The van der Waals surface area contributed by atoms with Gasteiger partial charge in [-0.25, -0.2) is 9.67 Å². The Kier molecular flexibility index (Phi) is 3.49. The minimum atomic E-state index is -0.628. The highest BCUT2D eigenvalue weighted by Gasteiger charge is 2.35. The predicted octanol–water partition coefficient (Wildman–Crippen LogP) is 0.543. The molecule has 2 heterocycles. The van der Waals surface area contributed by atoms with Gasteiger partial charge in [-0.2, -0.15) is 5.10 Å². The standard InChI is InChI=1S/C12H22N4O/c1-10(2)7-16-11(13-9-14-16)6-12(17)4-5-15(3)8-12/h9-10,17H,4-8H2,1-3H3. The van der Waals surface area contributed by atoms with Gasteiger partial charge in [0.2, 0.25) is 0 Å². The molecule has 0 aliphatic carbocycles. The number of aromatic nitrogens is 3. The fourth-order valence-electron chi connectivity index (χ4n) is 2.42. The first-order valence-corrected chi connectivity index (χ1v) is 6.26. The first-order chi connectivity index (χ1) is 7.98. The lowest BCUT2D eigenvalue weighted by atomic mass is 9.98. The van der Waals surface area contributed by atoms with Crippen LogP contribution in [-0.2, 0) is 13.0 Å². The third-order valence-electron chi connectivity index (χ3n) is 3.24. The molecule has 5 heteroatoms. The van der Waals surface area contributed by atoms with Gasteiger partial charge in [-0.1, -0.05) is 13.8 Å². The zero-order valence-electron chi connectivity index (χ0n) is 10.9. The van der Waals surface area contributed by atoms with Crippen LogP contribution in [0.4, 0.5) is 0 Å². The summed E-state index contributed by atoms with van der Waals surface area (Å²) in [6, 6.07) is 0. The van der Waals surface area contributed by atoms with E-state index in [4.69, 9.17) is 0 Å². The minimum absolute atomic E-state index is 0.538. The lowest BCUT2D eigenvalue weighted by Gasteiger charge is -2.22. The molecule has 1 N–H and O–H groups in total. The Labute approximate surface area is 102 Å². The van der Waals surface area contributed by atoms with E-state index in [0.717, 1.165) is 31.9 Å². The van der Waals surface area contributed by atoms with Crippen LogP contribution in [0.5, 0.6) is 0 Å². The van der Waals surface area contributed by atoms with E-state index in [1.165, 1.54) is 0 Å². The van der Waals surface area contributed by atoms with Crippen molar-refractivity contribution in [2.75, 3.05) is 20.1 Å². The van der Waals surface area contributed by atoms with Gasteiger partial charge in [0.15, 0.2) is 0 Å². The molecule has 2 rings (SSSR count). The zero-order valence-corrected chi connectivity index (χ0v) is 10.9. The van der Waals surface area contributed by atoms with Crippen molar-refractivity contribution in [3.05, 3.63) is 12.2 Å². The Hall–Kier alpha value is -0.940. The van der Waals surface area contributed by atoms with Crippen LogP contribution in [-0.4, -0.2) is 50.5 Å². The van der Waals surface area contributed by atoms with E-state index in [-0.39, 0.29) is 0 Å². The van der Waals surface area contributed by atoms with Crippen LogP contribution in [0.25, 0.3) is 0 Å². The summed E-state index contributed by atoms with van der Waals surface area (Å²) < 4.78 is 1.92.